The Kier molecular flexibility index (Phi) is 4.38. The van der Waals surface area contributed by atoms with Crippen LogP contribution < -0.4 is 10.6 Å². The molecule has 0 bridgehead atoms. The lowest BCUT2D eigenvalue weighted by atomic mass is 10.1. The third kappa shape index (κ3) is 3.16. The van der Waals surface area contributed by atoms with E-state index in [-0.39, 0.29) is 11.3 Å². The summed E-state index contributed by atoms with van der Waals surface area (Å²) in [5.41, 5.74) is 0.409. The summed E-state index contributed by atoms with van der Waals surface area (Å²) in [5, 5.41) is 4.85. The molecule has 0 spiro atoms. The average Bonchev–Trinajstić information content (AvgIpc) is 3.10. The van der Waals surface area contributed by atoms with Gasteiger partial charge in [0.15, 0.2) is 23.0 Å². The Bertz CT molecular complexity index is 957. The van der Waals surface area contributed by atoms with Gasteiger partial charge >= 0.3 is 0 Å². The minimum Gasteiger partial charge on any atom is -0.357 e. The Balaban J connectivity index is 1.95. The molecule has 128 valence electrons. The van der Waals surface area contributed by atoms with Crippen molar-refractivity contribution in [3.05, 3.63) is 65.9 Å². The highest BCUT2D eigenvalue weighted by Crippen LogP contribution is 2.18. The number of rotatable bonds is 4. The van der Waals surface area contributed by atoms with E-state index in [0.717, 1.165) is 12.1 Å². The van der Waals surface area contributed by atoms with E-state index < -0.39 is 29.5 Å². The summed E-state index contributed by atoms with van der Waals surface area (Å²) in [6.07, 6.45) is 6.17. The summed E-state index contributed by atoms with van der Waals surface area (Å²) in [6.45, 7) is 0. The molecule has 0 aliphatic rings. The molecule has 0 aliphatic carbocycles. The molecule has 2 N–H and O–H groups in total. The second-order valence-electron chi connectivity index (χ2n) is 5.13. The lowest BCUT2D eigenvalue weighted by molar-refractivity contribution is -0.122. The molecule has 0 fully saturated rings. The number of amides is 2. The predicted octanol–water partition coefficient (Wildman–Crippen LogP) is 1.22. The van der Waals surface area contributed by atoms with Gasteiger partial charge in [-0.3, -0.25) is 9.59 Å². The fourth-order valence-electron chi connectivity index (χ4n) is 2.35. The van der Waals surface area contributed by atoms with Gasteiger partial charge in [-0.2, -0.15) is 0 Å². The van der Waals surface area contributed by atoms with E-state index in [9.17, 15) is 18.4 Å². The normalized spacial score (nSPS) is 12.0. The highest BCUT2D eigenvalue weighted by Gasteiger charge is 2.25. The first-order chi connectivity index (χ1) is 12.0. The summed E-state index contributed by atoms with van der Waals surface area (Å²) in [4.78, 5) is 32.7. The molecule has 1 aromatic carbocycles. The van der Waals surface area contributed by atoms with E-state index in [4.69, 9.17) is 0 Å². The zero-order valence-electron chi connectivity index (χ0n) is 13.0. The van der Waals surface area contributed by atoms with Gasteiger partial charge in [0.05, 0.1) is 0 Å². The van der Waals surface area contributed by atoms with Crippen LogP contribution in [0.2, 0.25) is 0 Å². The maximum atomic E-state index is 13.5. The molecule has 25 heavy (non-hydrogen) atoms. The van der Waals surface area contributed by atoms with E-state index in [1.54, 1.807) is 16.8 Å². The van der Waals surface area contributed by atoms with Crippen LogP contribution in [0.25, 0.3) is 5.65 Å². The standard InChI is InChI=1S/C16H13F2N5O2/c1-19-15(24)12(9-2-3-10(17)11(18)8-9)22-16(25)13-14-21-5-7-23(14)6-4-20-13/h2-8,12H,1H3,(H,19,24)(H,22,25)/t12-/m0/s1. The second kappa shape index (κ2) is 6.63. The molecule has 1 atom stereocenters. The van der Waals surface area contributed by atoms with Crippen LogP contribution in [0.15, 0.2) is 43.0 Å². The number of carbonyl (C=O) groups is 2. The van der Waals surface area contributed by atoms with Crippen LogP contribution >= 0.6 is 0 Å². The topological polar surface area (TPSA) is 88.4 Å². The fraction of sp³-hybridized carbons (Fsp3) is 0.125. The molecule has 2 aromatic heterocycles. The van der Waals surface area contributed by atoms with E-state index in [2.05, 4.69) is 20.6 Å². The first-order valence-electron chi connectivity index (χ1n) is 7.26. The first-order valence-corrected chi connectivity index (χ1v) is 7.26. The van der Waals surface area contributed by atoms with Gasteiger partial charge in [-0.05, 0) is 17.7 Å². The SMILES string of the molecule is CNC(=O)[C@@H](NC(=O)c1nccn2ccnc12)c1ccc(F)c(F)c1. The van der Waals surface area contributed by atoms with Crippen LogP contribution in [0.5, 0.6) is 0 Å². The third-order valence-corrected chi connectivity index (χ3v) is 3.59. The van der Waals surface area contributed by atoms with Crippen LogP contribution in [0.1, 0.15) is 22.1 Å². The van der Waals surface area contributed by atoms with Crippen molar-refractivity contribution in [1.82, 2.24) is 25.0 Å². The summed E-state index contributed by atoms with van der Waals surface area (Å²) in [5.74, 6) is -3.42. The van der Waals surface area contributed by atoms with E-state index >= 15 is 0 Å². The van der Waals surface area contributed by atoms with Crippen molar-refractivity contribution in [3.8, 4) is 0 Å². The minimum atomic E-state index is -1.22. The molecule has 0 unspecified atom stereocenters. The molecule has 9 heteroatoms. The van der Waals surface area contributed by atoms with Crippen molar-refractivity contribution in [2.45, 2.75) is 6.04 Å². The molecular formula is C16H13F2N5O2. The zero-order valence-corrected chi connectivity index (χ0v) is 13.0. The van der Waals surface area contributed by atoms with Crippen molar-refractivity contribution < 1.29 is 18.4 Å². The van der Waals surface area contributed by atoms with Gasteiger partial charge in [0.1, 0.15) is 6.04 Å². The number of fused-ring (bicyclic) bond motifs is 1. The van der Waals surface area contributed by atoms with E-state index in [0.29, 0.717) is 5.65 Å². The molecule has 7 nitrogen and oxygen atoms in total. The maximum Gasteiger partial charge on any atom is 0.274 e. The number of likely N-dealkylation sites (N-methyl/N-ethyl adjacent to an activating group) is 1. The number of carbonyl (C=O) groups excluding carboxylic acids is 2. The van der Waals surface area contributed by atoms with E-state index in [1.165, 1.54) is 25.5 Å². The Labute approximate surface area is 140 Å². The molecule has 0 radical (unpaired) electrons. The number of halogens is 2. The van der Waals surface area contributed by atoms with Crippen LogP contribution in [0, 0.1) is 11.6 Å². The summed E-state index contributed by atoms with van der Waals surface area (Å²) >= 11 is 0. The van der Waals surface area contributed by atoms with Gasteiger partial charge in [0, 0.05) is 31.8 Å². The van der Waals surface area contributed by atoms with Gasteiger partial charge in [0.2, 0.25) is 5.91 Å². The van der Waals surface area contributed by atoms with Crippen LogP contribution in [0.3, 0.4) is 0 Å². The van der Waals surface area contributed by atoms with Gasteiger partial charge in [-0.25, -0.2) is 18.7 Å². The van der Waals surface area contributed by atoms with E-state index in [1.807, 2.05) is 0 Å². The highest BCUT2D eigenvalue weighted by molar-refractivity contribution is 6.00. The largest absolute Gasteiger partial charge is 0.357 e. The number of hydrogen-bond donors (Lipinski definition) is 2. The minimum absolute atomic E-state index is 0.00369. The number of imidazole rings is 1. The Morgan fingerprint density at radius 3 is 2.52 bits per heavy atom. The fourth-order valence-corrected chi connectivity index (χ4v) is 2.35. The Morgan fingerprint density at radius 1 is 1.12 bits per heavy atom. The summed E-state index contributed by atoms with van der Waals surface area (Å²) < 4.78 is 28.2. The van der Waals surface area contributed by atoms with Crippen molar-refractivity contribution in [2.24, 2.45) is 0 Å². The van der Waals surface area contributed by atoms with Crippen LogP contribution in [-0.4, -0.2) is 33.2 Å². The molecule has 2 heterocycles. The van der Waals surface area contributed by atoms with Crippen LogP contribution in [-0.2, 0) is 4.79 Å². The highest BCUT2D eigenvalue weighted by atomic mass is 19.2. The van der Waals surface area contributed by atoms with Gasteiger partial charge < -0.3 is 15.0 Å². The average molecular weight is 345 g/mol. The number of hydrogen-bond acceptors (Lipinski definition) is 4. The molecule has 0 saturated carbocycles. The monoisotopic (exact) mass is 345 g/mol. The van der Waals surface area contributed by atoms with Crippen molar-refractivity contribution in [2.75, 3.05) is 7.05 Å². The summed E-state index contributed by atoms with van der Waals surface area (Å²) in [6, 6.07) is 1.76. The summed E-state index contributed by atoms with van der Waals surface area (Å²) in [7, 11) is 1.37. The van der Waals surface area contributed by atoms with Crippen molar-refractivity contribution >= 4 is 17.5 Å². The zero-order chi connectivity index (χ0) is 18.0. The number of aromatic nitrogens is 3. The lowest BCUT2D eigenvalue weighted by Crippen LogP contribution is -2.39. The van der Waals surface area contributed by atoms with Gasteiger partial charge in [-0.1, -0.05) is 6.07 Å². The quantitative estimate of drug-likeness (QED) is 0.744. The predicted molar refractivity (Wildman–Crippen MR) is 83.6 cm³/mol. The molecule has 3 rings (SSSR count). The molecule has 3 aromatic rings. The van der Waals surface area contributed by atoms with Crippen molar-refractivity contribution in [3.63, 3.8) is 0 Å². The first kappa shape index (κ1) is 16.5. The number of nitrogens with zero attached hydrogens (tertiary/aromatic N) is 3. The van der Waals surface area contributed by atoms with Crippen LogP contribution in [0.4, 0.5) is 8.78 Å². The molecular weight excluding hydrogens is 332 g/mol. The number of nitrogens with one attached hydrogen (secondary N) is 2. The van der Waals surface area contributed by atoms with Crippen molar-refractivity contribution in [1.29, 1.82) is 0 Å². The Hall–Kier alpha value is -3.36. The van der Waals surface area contributed by atoms with Gasteiger partial charge in [-0.15, -0.1) is 0 Å². The molecule has 0 saturated heterocycles. The lowest BCUT2D eigenvalue weighted by Gasteiger charge is -2.18. The molecule has 2 amide bonds. The third-order valence-electron chi connectivity index (χ3n) is 3.59. The number of benzene rings is 1. The second-order valence-corrected chi connectivity index (χ2v) is 5.13. The maximum absolute atomic E-state index is 13.5. The smallest absolute Gasteiger partial charge is 0.274 e. The molecule has 0 aliphatic heterocycles. The Morgan fingerprint density at radius 2 is 1.84 bits per heavy atom. The van der Waals surface area contributed by atoms with Gasteiger partial charge in [0.25, 0.3) is 5.91 Å².